The quantitative estimate of drug-likeness (QED) is 0.817. The van der Waals surface area contributed by atoms with Gasteiger partial charge in [0.2, 0.25) is 0 Å². The molecule has 1 fully saturated rings. The van der Waals surface area contributed by atoms with Crippen molar-refractivity contribution in [3.8, 4) is 0 Å². The predicted octanol–water partition coefficient (Wildman–Crippen LogP) is 3.99. The Morgan fingerprint density at radius 3 is 2.11 bits per heavy atom. The van der Waals surface area contributed by atoms with E-state index in [4.69, 9.17) is 0 Å². The highest BCUT2D eigenvalue weighted by atomic mass is 19.2. The lowest BCUT2D eigenvalue weighted by Gasteiger charge is -2.56. The molecule has 1 aromatic carbocycles. The average molecular weight is 271 g/mol. The molecular weight excluding hydrogens is 251 g/mol. The summed E-state index contributed by atoms with van der Waals surface area (Å²) in [5.41, 5.74) is 0.581. The first-order valence-electron chi connectivity index (χ1n) is 6.81. The fraction of sp³-hybridized carbons (Fsp3) is 0.600. The van der Waals surface area contributed by atoms with Gasteiger partial charge in [-0.2, -0.15) is 0 Å². The average Bonchev–Trinajstić information content (AvgIpc) is 2.37. The third-order valence-corrected chi connectivity index (χ3v) is 4.93. The van der Waals surface area contributed by atoms with Gasteiger partial charge in [0.05, 0.1) is 0 Å². The van der Waals surface area contributed by atoms with Gasteiger partial charge in [-0.15, -0.1) is 0 Å². The second-order valence-electron chi connectivity index (χ2n) is 5.37. The normalized spacial score (nSPS) is 25.2. The molecule has 1 saturated carbocycles. The highest BCUT2D eigenvalue weighted by Gasteiger charge is 2.52. The summed E-state index contributed by atoms with van der Waals surface area (Å²) in [4.78, 5) is 0. The maximum atomic E-state index is 13.4. The van der Waals surface area contributed by atoms with Crippen molar-refractivity contribution in [2.24, 2.45) is 5.41 Å². The van der Waals surface area contributed by atoms with Crippen LogP contribution in [-0.4, -0.2) is 13.1 Å². The molecule has 1 aliphatic rings. The van der Waals surface area contributed by atoms with E-state index in [1.165, 1.54) is 0 Å². The largest absolute Gasteiger partial charge is 0.316 e. The molecule has 0 saturated heterocycles. The van der Waals surface area contributed by atoms with Crippen LogP contribution in [0.3, 0.4) is 0 Å². The van der Waals surface area contributed by atoms with Gasteiger partial charge in [-0.3, -0.25) is 0 Å². The van der Waals surface area contributed by atoms with E-state index >= 15 is 0 Å². The molecule has 2 rings (SSSR count). The van der Waals surface area contributed by atoms with E-state index in [2.05, 4.69) is 19.2 Å². The summed E-state index contributed by atoms with van der Waals surface area (Å²) in [6.45, 7) is 4.19. The minimum Gasteiger partial charge on any atom is -0.316 e. The Morgan fingerprint density at radius 1 is 1.16 bits per heavy atom. The smallest absolute Gasteiger partial charge is 0.194 e. The third kappa shape index (κ3) is 2.06. The zero-order chi connectivity index (χ0) is 14.2. The zero-order valence-electron chi connectivity index (χ0n) is 11.6. The number of hydrogen-bond donors (Lipinski definition) is 1. The van der Waals surface area contributed by atoms with Crippen molar-refractivity contribution in [2.45, 2.75) is 45.1 Å². The van der Waals surface area contributed by atoms with Gasteiger partial charge in [-0.05, 0) is 55.3 Å². The number of rotatable bonds is 4. The van der Waals surface area contributed by atoms with Gasteiger partial charge in [0, 0.05) is 6.04 Å². The molecule has 0 aromatic heterocycles. The van der Waals surface area contributed by atoms with Crippen LogP contribution in [-0.2, 0) is 0 Å². The van der Waals surface area contributed by atoms with Crippen LogP contribution in [0.1, 0.15) is 44.6 Å². The van der Waals surface area contributed by atoms with E-state index in [1.807, 2.05) is 7.05 Å². The lowest BCUT2D eigenvalue weighted by atomic mass is 9.52. The molecule has 0 bridgehead atoms. The highest BCUT2D eigenvalue weighted by Crippen LogP contribution is 2.57. The lowest BCUT2D eigenvalue weighted by Crippen LogP contribution is -2.57. The number of hydrogen-bond acceptors (Lipinski definition) is 1. The molecule has 1 aliphatic carbocycles. The van der Waals surface area contributed by atoms with Crippen LogP contribution in [0, 0.1) is 22.9 Å². The maximum absolute atomic E-state index is 13.4. The summed E-state index contributed by atoms with van der Waals surface area (Å²) in [7, 11) is 1.91. The monoisotopic (exact) mass is 271 g/mol. The van der Waals surface area contributed by atoms with Crippen molar-refractivity contribution in [1.29, 1.82) is 0 Å². The molecular formula is C15H20F3N. The second kappa shape index (κ2) is 5.16. The Labute approximate surface area is 112 Å². The minimum atomic E-state index is -1.38. The van der Waals surface area contributed by atoms with Crippen LogP contribution in [0.2, 0.25) is 0 Å². The maximum Gasteiger partial charge on any atom is 0.194 e. The molecule has 1 nitrogen and oxygen atoms in total. The molecule has 2 atom stereocenters. The third-order valence-electron chi connectivity index (χ3n) is 4.93. The van der Waals surface area contributed by atoms with Crippen molar-refractivity contribution in [2.75, 3.05) is 7.05 Å². The first-order valence-corrected chi connectivity index (χ1v) is 6.81. The molecule has 4 heteroatoms. The van der Waals surface area contributed by atoms with Gasteiger partial charge < -0.3 is 5.32 Å². The number of benzene rings is 1. The van der Waals surface area contributed by atoms with Gasteiger partial charge in [0.25, 0.3) is 0 Å². The SMILES string of the molecule is CCC1(CC)C(NC)CC1c1cc(F)c(F)c(F)c1. The number of halogens is 3. The summed E-state index contributed by atoms with van der Waals surface area (Å²) < 4.78 is 39.8. The van der Waals surface area contributed by atoms with Crippen molar-refractivity contribution < 1.29 is 13.2 Å². The van der Waals surface area contributed by atoms with Crippen LogP contribution >= 0.6 is 0 Å². The van der Waals surface area contributed by atoms with Crippen LogP contribution < -0.4 is 5.32 Å². The van der Waals surface area contributed by atoms with Gasteiger partial charge in [0.1, 0.15) is 0 Å². The molecule has 2 unspecified atom stereocenters. The van der Waals surface area contributed by atoms with E-state index in [-0.39, 0.29) is 11.3 Å². The van der Waals surface area contributed by atoms with Crippen LogP contribution in [0.25, 0.3) is 0 Å². The van der Waals surface area contributed by atoms with Gasteiger partial charge in [0.15, 0.2) is 17.5 Å². The Morgan fingerprint density at radius 2 is 1.68 bits per heavy atom. The molecule has 0 aliphatic heterocycles. The molecule has 0 spiro atoms. The summed E-state index contributed by atoms with van der Waals surface area (Å²) in [6.07, 6.45) is 2.70. The van der Waals surface area contributed by atoms with E-state index in [9.17, 15) is 13.2 Å². The van der Waals surface area contributed by atoms with Crippen molar-refractivity contribution in [3.05, 3.63) is 35.1 Å². The van der Waals surface area contributed by atoms with Crippen LogP contribution in [0.4, 0.5) is 13.2 Å². The Bertz CT molecular complexity index is 445. The first-order chi connectivity index (χ1) is 9.00. The Kier molecular flexibility index (Phi) is 3.90. The van der Waals surface area contributed by atoms with Crippen LogP contribution in [0.5, 0.6) is 0 Å². The van der Waals surface area contributed by atoms with Gasteiger partial charge >= 0.3 is 0 Å². The topological polar surface area (TPSA) is 12.0 Å². The minimum absolute atomic E-state index is 0.00542. The Hall–Kier alpha value is -1.03. The van der Waals surface area contributed by atoms with Crippen molar-refractivity contribution in [1.82, 2.24) is 5.32 Å². The molecule has 106 valence electrons. The van der Waals surface area contributed by atoms with Crippen molar-refractivity contribution >= 4 is 0 Å². The standard InChI is InChI=1S/C15H20F3N/c1-4-15(5-2)10(8-13(15)19-3)9-6-11(16)14(18)12(17)7-9/h6-7,10,13,19H,4-5,8H2,1-3H3. The molecule has 1 aromatic rings. The summed E-state index contributed by atoms with van der Waals surface area (Å²) in [5.74, 6) is -3.48. The predicted molar refractivity (Wildman–Crippen MR) is 69.5 cm³/mol. The zero-order valence-corrected chi connectivity index (χ0v) is 11.6. The molecule has 1 N–H and O–H groups in total. The fourth-order valence-electron chi connectivity index (χ4n) is 3.67. The van der Waals surface area contributed by atoms with Gasteiger partial charge in [-0.1, -0.05) is 13.8 Å². The summed E-state index contributed by atoms with van der Waals surface area (Å²) in [5, 5.41) is 3.27. The fourth-order valence-corrected chi connectivity index (χ4v) is 3.67. The van der Waals surface area contributed by atoms with Crippen molar-refractivity contribution in [3.63, 3.8) is 0 Å². The summed E-state index contributed by atoms with van der Waals surface area (Å²) >= 11 is 0. The summed E-state index contributed by atoms with van der Waals surface area (Å²) in [6, 6.07) is 2.65. The lowest BCUT2D eigenvalue weighted by molar-refractivity contribution is 0.0242. The Balaban J connectivity index is 2.38. The van der Waals surface area contributed by atoms with E-state index in [0.29, 0.717) is 11.6 Å². The first kappa shape index (κ1) is 14.4. The van der Waals surface area contributed by atoms with E-state index in [0.717, 1.165) is 31.4 Å². The van der Waals surface area contributed by atoms with Gasteiger partial charge in [-0.25, -0.2) is 13.2 Å². The van der Waals surface area contributed by atoms with Crippen LogP contribution in [0.15, 0.2) is 12.1 Å². The molecule has 19 heavy (non-hydrogen) atoms. The molecule has 0 amide bonds. The molecule has 0 radical (unpaired) electrons. The second-order valence-corrected chi connectivity index (χ2v) is 5.37. The van der Waals surface area contributed by atoms with E-state index in [1.54, 1.807) is 0 Å². The van der Waals surface area contributed by atoms with E-state index < -0.39 is 17.5 Å². The highest BCUT2D eigenvalue weighted by molar-refractivity contribution is 5.30. The molecule has 0 heterocycles. The number of nitrogens with one attached hydrogen (secondary N) is 1.